The Morgan fingerprint density at radius 1 is 1.10 bits per heavy atom. The Hall–Kier alpha value is -3.33. The Morgan fingerprint density at radius 2 is 1.81 bits per heavy atom. The van der Waals surface area contributed by atoms with Crippen molar-refractivity contribution in [2.45, 2.75) is 32.8 Å². The predicted octanol–water partition coefficient (Wildman–Crippen LogP) is 4.07. The number of alkyl halides is 3. The minimum atomic E-state index is -4.74. The number of fused-ring (bicyclic) bond motifs is 1. The van der Waals surface area contributed by atoms with Gasteiger partial charge in [0, 0.05) is 17.1 Å². The van der Waals surface area contributed by atoms with Crippen molar-refractivity contribution in [2.24, 2.45) is 0 Å². The second-order valence-corrected chi connectivity index (χ2v) is 7.42. The number of nitrogens with zero attached hydrogens (tertiary/aromatic N) is 3. The highest BCUT2D eigenvalue weighted by Gasteiger charge is 2.31. The van der Waals surface area contributed by atoms with Gasteiger partial charge >= 0.3 is 6.36 Å². The van der Waals surface area contributed by atoms with E-state index in [4.69, 9.17) is 0 Å². The fraction of sp³-hybridized carbons (Fsp3) is 0.273. The maximum absolute atomic E-state index is 13.0. The molecule has 162 valence electrons. The summed E-state index contributed by atoms with van der Waals surface area (Å²) in [5.41, 5.74) is 5.57. The van der Waals surface area contributed by atoms with Crippen LogP contribution in [0.15, 0.2) is 65.2 Å². The van der Waals surface area contributed by atoms with Crippen molar-refractivity contribution in [1.82, 2.24) is 20.2 Å². The molecule has 1 N–H and O–H groups in total. The van der Waals surface area contributed by atoms with Gasteiger partial charge in [0.05, 0.1) is 24.7 Å². The lowest BCUT2D eigenvalue weighted by Gasteiger charge is -2.21. The molecule has 0 aliphatic carbocycles. The first kappa shape index (κ1) is 20.9. The Bertz CT molecular complexity index is 1190. The van der Waals surface area contributed by atoms with Gasteiger partial charge < -0.3 is 9.75 Å². The maximum Gasteiger partial charge on any atom is 0.573 e. The number of hydrogen-bond acceptors (Lipinski definition) is 5. The average Bonchev–Trinajstić information content (AvgIpc) is 3.04. The summed E-state index contributed by atoms with van der Waals surface area (Å²) in [5.74, 6) is -0.294. The first-order chi connectivity index (χ1) is 14.7. The molecule has 31 heavy (non-hydrogen) atoms. The summed E-state index contributed by atoms with van der Waals surface area (Å²) in [5, 5.41) is 7.46. The van der Waals surface area contributed by atoms with Gasteiger partial charge in [0.1, 0.15) is 5.75 Å². The fourth-order valence-corrected chi connectivity index (χ4v) is 3.64. The molecule has 6 nitrogen and oxygen atoms in total. The van der Waals surface area contributed by atoms with Crippen molar-refractivity contribution < 1.29 is 17.9 Å². The number of aromatic nitrogens is 2. The van der Waals surface area contributed by atoms with E-state index in [9.17, 15) is 18.0 Å². The molecule has 0 saturated heterocycles. The van der Waals surface area contributed by atoms with Crippen LogP contribution in [0, 0.1) is 0 Å². The van der Waals surface area contributed by atoms with E-state index in [2.05, 4.69) is 21.3 Å². The van der Waals surface area contributed by atoms with Crippen LogP contribution in [-0.2, 0) is 6.54 Å². The summed E-state index contributed by atoms with van der Waals surface area (Å²) in [4.78, 5) is 13.0. The van der Waals surface area contributed by atoms with E-state index in [1.807, 2.05) is 18.9 Å². The number of halogens is 3. The second-order valence-electron chi connectivity index (χ2n) is 7.42. The van der Waals surface area contributed by atoms with Gasteiger partial charge in [-0.2, -0.15) is 5.10 Å². The number of ether oxygens (including phenoxy) is 1. The van der Waals surface area contributed by atoms with Gasteiger partial charge in [-0.15, -0.1) is 13.2 Å². The molecule has 1 atom stereocenters. The Balaban J connectivity index is 1.57. The molecule has 2 heterocycles. The maximum atomic E-state index is 13.0. The SMILES string of the molecule is CC1=CC(C)NN1CCn1ncc2ccc(-c3ccc(OC(F)(F)F)cc3)cc2c1=O. The third-order valence-corrected chi connectivity index (χ3v) is 5.09. The van der Waals surface area contributed by atoms with Crippen LogP contribution in [0.25, 0.3) is 21.9 Å². The summed E-state index contributed by atoms with van der Waals surface area (Å²) in [6, 6.07) is 11.1. The van der Waals surface area contributed by atoms with E-state index in [-0.39, 0.29) is 17.4 Å². The molecular weight excluding hydrogens is 409 g/mol. The normalized spacial score (nSPS) is 16.6. The van der Waals surface area contributed by atoms with Gasteiger partial charge in [-0.3, -0.25) is 4.79 Å². The van der Waals surface area contributed by atoms with Crippen LogP contribution in [0.2, 0.25) is 0 Å². The number of nitrogens with one attached hydrogen (secondary N) is 1. The summed E-state index contributed by atoms with van der Waals surface area (Å²) in [6.07, 6.45) is -0.989. The third-order valence-electron chi connectivity index (χ3n) is 5.09. The zero-order valence-corrected chi connectivity index (χ0v) is 17.0. The van der Waals surface area contributed by atoms with Crippen LogP contribution in [0.5, 0.6) is 5.75 Å². The fourth-order valence-electron chi connectivity index (χ4n) is 3.64. The van der Waals surface area contributed by atoms with E-state index in [0.29, 0.717) is 29.4 Å². The van der Waals surface area contributed by atoms with Crippen molar-refractivity contribution in [1.29, 1.82) is 0 Å². The number of allylic oxidation sites excluding steroid dienone is 1. The van der Waals surface area contributed by atoms with Crippen LogP contribution >= 0.6 is 0 Å². The third kappa shape index (κ3) is 4.72. The van der Waals surface area contributed by atoms with E-state index >= 15 is 0 Å². The van der Waals surface area contributed by atoms with Crippen LogP contribution in [-0.4, -0.2) is 33.7 Å². The molecule has 2 aromatic carbocycles. The second kappa shape index (κ2) is 8.07. The minimum absolute atomic E-state index is 0.217. The molecule has 1 aliphatic heterocycles. The number of rotatable bonds is 5. The van der Waals surface area contributed by atoms with Crippen molar-refractivity contribution in [3.05, 3.63) is 70.8 Å². The Labute approximate surface area is 176 Å². The highest BCUT2D eigenvalue weighted by Crippen LogP contribution is 2.27. The first-order valence-electron chi connectivity index (χ1n) is 9.78. The Kier molecular flexibility index (Phi) is 5.45. The molecule has 0 saturated carbocycles. The molecule has 0 fully saturated rings. The molecular formula is C22H21F3N4O2. The van der Waals surface area contributed by atoms with E-state index in [0.717, 1.165) is 11.3 Å². The summed E-state index contributed by atoms with van der Waals surface area (Å²) in [7, 11) is 0. The minimum Gasteiger partial charge on any atom is -0.406 e. The van der Waals surface area contributed by atoms with Gasteiger partial charge in [-0.25, -0.2) is 10.1 Å². The van der Waals surface area contributed by atoms with Crippen LogP contribution in [0.1, 0.15) is 13.8 Å². The number of benzene rings is 2. The standard InChI is InChI=1S/C22H21F3N4O2/c1-14-11-15(2)28(27-14)9-10-29-21(30)20-12-17(3-4-18(20)13-26-29)16-5-7-19(8-6-16)31-22(23,24)25/h3-8,11-14,27H,9-10H2,1-2H3. The highest BCUT2D eigenvalue weighted by molar-refractivity contribution is 5.86. The molecule has 0 amide bonds. The molecule has 3 aromatic rings. The zero-order valence-electron chi connectivity index (χ0n) is 17.0. The van der Waals surface area contributed by atoms with Gasteiger partial charge in [-0.1, -0.05) is 24.3 Å². The lowest BCUT2D eigenvalue weighted by atomic mass is 10.0. The van der Waals surface area contributed by atoms with Gasteiger partial charge in [0.2, 0.25) is 0 Å². The lowest BCUT2D eigenvalue weighted by molar-refractivity contribution is -0.274. The summed E-state index contributed by atoms with van der Waals surface area (Å²) in [6.45, 7) is 5.05. The van der Waals surface area contributed by atoms with E-state index in [1.54, 1.807) is 24.4 Å². The number of hydrazine groups is 1. The van der Waals surface area contributed by atoms with Gasteiger partial charge in [0.15, 0.2) is 0 Å². The Morgan fingerprint density at radius 3 is 2.45 bits per heavy atom. The molecule has 4 rings (SSSR count). The molecule has 9 heteroatoms. The van der Waals surface area contributed by atoms with E-state index < -0.39 is 6.36 Å². The average molecular weight is 430 g/mol. The van der Waals surface area contributed by atoms with Gasteiger partial charge in [-0.05, 0) is 49.2 Å². The number of hydrogen-bond donors (Lipinski definition) is 1. The quantitative estimate of drug-likeness (QED) is 0.661. The zero-order chi connectivity index (χ0) is 22.2. The summed E-state index contributed by atoms with van der Waals surface area (Å²) < 4.78 is 42.4. The molecule has 0 bridgehead atoms. The summed E-state index contributed by atoms with van der Waals surface area (Å²) >= 11 is 0. The smallest absolute Gasteiger partial charge is 0.406 e. The first-order valence-corrected chi connectivity index (χ1v) is 9.78. The lowest BCUT2D eigenvalue weighted by Crippen LogP contribution is -2.39. The van der Waals surface area contributed by atoms with Crippen molar-refractivity contribution in [3.63, 3.8) is 0 Å². The molecule has 0 radical (unpaired) electrons. The molecule has 0 spiro atoms. The van der Waals surface area contributed by atoms with Crippen molar-refractivity contribution in [3.8, 4) is 16.9 Å². The highest BCUT2D eigenvalue weighted by atomic mass is 19.4. The largest absolute Gasteiger partial charge is 0.573 e. The van der Waals surface area contributed by atoms with Crippen molar-refractivity contribution in [2.75, 3.05) is 6.54 Å². The monoisotopic (exact) mass is 430 g/mol. The van der Waals surface area contributed by atoms with Gasteiger partial charge in [0.25, 0.3) is 5.56 Å². The predicted molar refractivity (Wildman–Crippen MR) is 111 cm³/mol. The van der Waals surface area contributed by atoms with Crippen LogP contribution in [0.3, 0.4) is 0 Å². The van der Waals surface area contributed by atoms with E-state index in [1.165, 1.54) is 28.9 Å². The molecule has 1 aromatic heterocycles. The van der Waals surface area contributed by atoms with Crippen molar-refractivity contribution >= 4 is 10.8 Å². The molecule has 1 aliphatic rings. The topological polar surface area (TPSA) is 59.4 Å². The van der Waals surface area contributed by atoms with Crippen LogP contribution in [0.4, 0.5) is 13.2 Å². The van der Waals surface area contributed by atoms with Crippen LogP contribution < -0.4 is 15.7 Å². The molecule has 1 unspecified atom stereocenters.